The Hall–Kier alpha value is -0.230. The highest BCUT2D eigenvalue weighted by molar-refractivity contribution is 8.00. The maximum absolute atomic E-state index is 10.6. The summed E-state index contributed by atoms with van der Waals surface area (Å²) < 4.78 is 21.3. The van der Waals surface area contributed by atoms with Gasteiger partial charge in [0.05, 0.1) is 11.6 Å². The van der Waals surface area contributed by atoms with Crippen LogP contribution in [0.15, 0.2) is 0 Å². The first kappa shape index (κ1) is 11.8. The Kier molecular flexibility index (Phi) is 5.32. The molecule has 0 spiro atoms. The molecule has 0 bridgehead atoms. The SMILES string of the molecule is CS(=O)(=O)CCSCCC(=N)N. The topological polar surface area (TPSA) is 84.0 Å². The van der Waals surface area contributed by atoms with Crippen LogP contribution in [0.5, 0.6) is 0 Å². The molecule has 0 saturated carbocycles. The van der Waals surface area contributed by atoms with E-state index in [2.05, 4.69) is 0 Å². The highest BCUT2D eigenvalue weighted by Crippen LogP contribution is 2.02. The summed E-state index contributed by atoms with van der Waals surface area (Å²) in [7, 11) is -2.83. The van der Waals surface area contributed by atoms with Crippen LogP contribution < -0.4 is 5.73 Å². The number of amidine groups is 1. The van der Waals surface area contributed by atoms with Gasteiger partial charge in [-0.25, -0.2) is 8.42 Å². The number of nitrogens with one attached hydrogen (secondary N) is 1. The van der Waals surface area contributed by atoms with Crippen LogP contribution in [-0.4, -0.2) is 37.8 Å². The van der Waals surface area contributed by atoms with Crippen molar-refractivity contribution in [3.63, 3.8) is 0 Å². The van der Waals surface area contributed by atoms with Gasteiger partial charge in [0.1, 0.15) is 9.84 Å². The number of thioether (sulfide) groups is 1. The lowest BCUT2D eigenvalue weighted by molar-refractivity contribution is 0.603. The minimum absolute atomic E-state index is 0.154. The summed E-state index contributed by atoms with van der Waals surface area (Å²) in [5.74, 6) is 1.67. The molecule has 0 aromatic rings. The van der Waals surface area contributed by atoms with Crippen molar-refractivity contribution in [2.45, 2.75) is 6.42 Å². The molecule has 0 fully saturated rings. The first-order valence-electron chi connectivity index (χ1n) is 3.50. The van der Waals surface area contributed by atoms with Crippen LogP contribution in [0.25, 0.3) is 0 Å². The lowest BCUT2D eigenvalue weighted by Crippen LogP contribution is -2.11. The zero-order chi connectivity index (χ0) is 9.61. The van der Waals surface area contributed by atoms with Crippen LogP contribution in [0.2, 0.25) is 0 Å². The molecule has 0 rings (SSSR count). The molecule has 72 valence electrons. The van der Waals surface area contributed by atoms with E-state index >= 15 is 0 Å². The number of hydrogen-bond donors (Lipinski definition) is 2. The van der Waals surface area contributed by atoms with E-state index < -0.39 is 9.84 Å². The summed E-state index contributed by atoms with van der Waals surface area (Å²) in [5, 5.41) is 6.90. The second-order valence-electron chi connectivity index (χ2n) is 2.52. The van der Waals surface area contributed by atoms with E-state index in [9.17, 15) is 8.42 Å². The average Bonchev–Trinajstić information content (AvgIpc) is 1.83. The van der Waals surface area contributed by atoms with E-state index in [0.717, 1.165) is 5.75 Å². The Morgan fingerprint density at radius 2 is 2.08 bits per heavy atom. The molecule has 12 heavy (non-hydrogen) atoms. The molecule has 0 aliphatic heterocycles. The fourth-order valence-corrected chi connectivity index (χ4v) is 2.75. The molecule has 0 aliphatic carbocycles. The Morgan fingerprint density at radius 1 is 1.50 bits per heavy atom. The van der Waals surface area contributed by atoms with Crippen LogP contribution >= 0.6 is 11.8 Å². The van der Waals surface area contributed by atoms with Crippen molar-refractivity contribution in [3.8, 4) is 0 Å². The van der Waals surface area contributed by atoms with E-state index in [0.29, 0.717) is 12.2 Å². The zero-order valence-corrected chi connectivity index (χ0v) is 8.67. The predicted octanol–water partition coefficient (Wildman–Crippen LogP) is 0.0903. The van der Waals surface area contributed by atoms with Gasteiger partial charge >= 0.3 is 0 Å². The normalized spacial score (nSPS) is 11.4. The van der Waals surface area contributed by atoms with Crippen LogP contribution in [0, 0.1) is 5.41 Å². The molecular weight excluding hydrogens is 196 g/mol. The molecule has 0 heterocycles. The molecule has 0 radical (unpaired) electrons. The van der Waals surface area contributed by atoms with Gasteiger partial charge in [-0.1, -0.05) is 0 Å². The summed E-state index contributed by atoms with van der Waals surface area (Å²) in [6.45, 7) is 0. The standard InChI is InChI=1S/C6H14N2O2S2/c1-12(9,10)5-4-11-3-2-6(7)8/h2-5H2,1H3,(H3,7,8). The first-order valence-corrected chi connectivity index (χ1v) is 6.72. The van der Waals surface area contributed by atoms with E-state index in [1.54, 1.807) is 0 Å². The lowest BCUT2D eigenvalue weighted by Gasteiger charge is -1.98. The third kappa shape index (κ3) is 9.77. The van der Waals surface area contributed by atoms with Gasteiger partial charge in [-0.05, 0) is 0 Å². The minimum atomic E-state index is -2.83. The van der Waals surface area contributed by atoms with Crippen molar-refractivity contribution in [2.24, 2.45) is 5.73 Å². The highest BCUT2D eigenvalue weighted by atomic mass is 32.2. The van der Waals surface area contributed by atoms with Crippen molar-refractivity contribution < 1.29 is 8.42 Å². The second-order valence-corrected chi connectivity index (χ2v) is 6.00. The van der Waals surface area contributed by atoms with Crippen molar-refractivity contribution in [3.05, 3.63) is 0 Å². The van der Waals surface area contributed by atoms with E-state index in [1.165, 1.54) is 18.0 Å². The fourth-order valence-electron chi connectivity index (χ4n) is 0.494. The van der Waals surface area contributed by atoms with Gasteiger partial charge in [0, 0.05) is 24.2 Å². The molecule has 0 saturated heterocycles. The van der Waals surface area contributed by atoms with Crippen molar-refractivity contribution >= 4 is 27.4 Å². The third-order valence-electron chi connectivity index (χ3n) is 1.11. The van der Waals surface area contributed by atoms with Gasteiger partial charge in [-0.3, -0.25) is 5.41 Å². The third-order valence-corrected chi connectivity index (χ3v) is 3.30. The Labute approximate surface area is 77.3 Å². The molecule has 4 nitrogen and oxygen atoms in total. The fraction of sp³-hybridized carbons (Fsp3) is 0.833. The lowest BCUT2D eigenvalue weighted by atomic mass is 10.5. The quantitative estimate of drug-likeness (QED) is 0.370. The van der Waals surface area contributed by atoms with Gasteiger partial charge in [0.2, 0.25) is 0 Å². The van der Waals surface area contributed by atoms with Gasteiger partial charge in [0.15, 0.2) is 0 Å². The molecule has 0 aromatic heterocycles. The molecule has 0 aliphatic rings. The van der Waals surface area contributed by atoms with Crippen LogP contribution in [0.1, 0.15) is 6.42 Å². The van der Waals surface area contributed by atoms with Crippen LogP contribution in [-0.2, 0) is 9.84 Å². The maximum Gasteiger partial charge on any atom is 0.148 e. The summed E-state index contributed by atoms with van der Waals surface area (Å²) >= 11 is 1.51. The molecule has 0 aromatic carbocycles. The van der Waals surface area contributed by atoms with Crippen molar-refractivity contribution in [2.75, 3.05) is 23.5 Å². The van der Waals surface area contributed by atoms with Gasteiger partial charge < -0.3 is 5.73 Å². The predicted molar refractivity (Wildman–Crippen MR) is 53.6 cm³/mol. The van der Waals surface area contributed by atoms with Crippen LogP contribution in [0.4, 0.5) is 0 Å². The average molecular weight is 210 g/mol. The van der Waals surface area contributed by atoms with Gasteiger partial charge in [-0.2, -0.15) is 11.8 Å². The largest absolute Gasteiger partial charge is 0.388 e. The summed E-state index contributed by atoms with van der Waals surface area (Å²) in [6, 6.07) is 0. The molecule has 3 N–H and O–H groups in total. The molecule has 0 unspecified atom stereocenters. The summed E-state index contributed by atoms with van der Waals surface area (Å²) in [5.41, 5.74) is 5.11. The zero-order valence-electron chi connectivity index (χ0n) is 7.04. The molecular formula is C6H14N2O2S2. The van der Waals surface area contributed by atoms with E-state index in [-0.39, 0.29) is 11.6 Å². The number of sulfone groups is 1. The van der Waals surface area contributed by atoms with Crippen LogP contribution in [0.3, 0.4) is 0 Å². The van der Waals surface area contributed by atoms with Crippen molar-refractivity contribution in [1.29, 1.82) is 5.41 Å². The Balaban J connectivity index is 3.29. The Bertz CT molecular complexity index is 236. The Morgan fingerprint density at radius 3 is 2.50 bits per heavy atom. The minimum Gasteiger partial charge on any atom is -0.388 e. The molecule has 0 amide bonds. The molecule has 6 heteroatoms. The molecule has 0 atom stereocenters. The summed E-state index contributed by atoms with van der Waals surface area (Å²) in [4.78, 5) is 0. The summed E-state index contributed by atoms with van der Waals surface area (Å²) in [6.07, 6.45) is 1.76. The smallest absolute Gasteiger partial charge is 0.148 e. The second kappa shape index (κ2) is 5.42. The maximum atomic E-state index is 10.6. The van der Waals surface area contributed by atoms with E-state index in [1.807, 2.05) is 0 Å². The van der Waals surface area contributed by atoms with Crippen molar-refractivity contribution in [1.82, 2.24) is 0 Å². The number of nitrogens with two attached hydrogens (primary N) is 1. The van der Waals surface area contributed by atoms with E-state index in [4.69, 9.17) is 11.1 Å². The monoisotopic (exact) mass is 210 g/mol. The first-order chi connectivity index (χ1) is 5.42. The highest BCUT2D eigenvalue weighted by Gasteiger charge is 2.00. The number of hydrogen-bond acceptors (Lipinski definition) is 4. The van der Waals surface area contributed by atoms with Gasteiger partial charge in [0.25, 0.3) is 0 Å². The number of rotatable bonds is 6. The van der Waals surface area contributed by atoms with Gasteiger partial charge in [-0.15, -0.1) is 0 Å².